The van der Waals surface area contributed by atoms with Crippen LogP contribution < -0.4 is 0 Å². The average Bonchev–Trinajstić information content (AvgIpc) is 2.36. The van der Waals surface area contributed by atoms with Crippen LogP contribution in [-0.4, -0.2) is 48.4 Å². The lowest BCUT2D eigenvalue weighted by Crippen LogP contribution is -2.48. The fourth-order valence-corrected chi connectivity index (χ4v) is 2.98. The van der Waals surface area contributed by atoms with E-state index in [0.717, 1.165) is 45.4 Å². The zero-order valence-corrected chi connectivity index (χ0v) is 15.9. The molecule has 0 bridgehead atoms. The molecule has 1 aliphatic rings. The first-order chi connectivity index (χ1) is 10.1. The molecular weight excluding hydrogens is 272 g/mol. The predicted octanol–water partition coefficient (Wildman–Crippen LogP) is 4.17. The summed E-state index contributed by atoms with van der Waals surface area (Å²) >= 11 is 0. The number of nitrogens with zero attached hydrogens (tertiary/aromatic N) is 2. The third-order valence-electron chi connectivity index (χ3n) is 4.44. The van der Waals surface area contributed by atoms with Gasteiger partial charge in [0.2, 0.25) is 5.91 Å². The zero-order valence-electron chi connectivity index (χ0n) is 15.9. The van der Waals surface area contributed by atoms with Crippen LogP contribution in [0.1, 0.15) is 73.6 Å². The maximum atomic E-state index is 12.2. The molecule has 0 radical (unpaired) electrons. The summed E-state index contributed by atoms with van der Waals surface area (Å²) in [4.78, 5) is 16.8. The van der Waals surface area contributed by atoms with Crippen molar-refractivity contribution in [3.8, 4) is 0 Å². The fourth-order valence-electron chi connectivity index (χ4n) is 2.98. The zero-order chi connectivity index (χ0) is 16.8. The van der Waals surface area contributed by atoms with Gasteiger partial charge in [-0.2, -0.15) is 0 Å². The lowest BCUT2D eigenvalue weighted by Gasteiger charge is -2.35. The highest BCUT2D eigenvalue weighted by Crippen LogP contribution is 2.22. The normalized spacial score (nSPS) is 17.8. The average molecular weight is 311 g/mol. The molecule has 0 atom stereocenters. The summed E-state index contributed by atoms with van der Waals surface area (Å²) in [6, 6.07) is 0. The molecule has 1 aliphatic heterocycles. The van der Waals surface area contributed by atoms with Gasteiger partial charge in [-0.1, -0.05) is 41.5 Å². The molecule has 0 spiro atoms. The van der Waals surface area contributed by atoms with Crippen molar-refractivity contribution in [3.05, 3.63) is 0 Å². The molecule has 0 saturated carbocycles. The van der Waals surface area contributed by atoms with E-state index >= 15 is 0 Å². The van der Waals surface area contributed by atoms with Gasteiger partial charge in [-0.05, 0) is 43.1 Å². The molecule has 130 valence electrons. The van der Waals surface area contributed by atoms with E-state index in [4.69, 9.17) is 0 Å². The van der Waals surface area contributed by atoms with Crippen LogP contribution in [0.2, 0.25) is 0 Å². The van der Waals surface area contributed by atoms with Crippen molar-refractivity contribution in [3.63, 3.8) is 0 Å². The maximum absolute atomic E-state index is 12.2. The van der Waals surface area contributed by atoms with Crippen LogP contribution in [0.5, 0.6) is 0 Å². The van der Waals surface area contributed by atoms with Gasteiger partial charge in [0.15, 0.2) is 0 Å². The standard InChI is InChI=1S/C19H38N2O/c1-18(2,3)10-7-9-17(22)21-15-13-20(14-16-21)12-8-11-19(4,5)6/h7-16H2,1-6H3. The second-order valence-electron chi connectivity index (χ2n) is 9.30. The largest absolute Gasteiger partial charge is 0.340 e. The Morgan fingerprint density at radius 1 is 0.818 bits per heavy atom. The smallest absolute Gasteiger partial charge is 0.222 e. The van der Waals surface area contributed by atoms with Crippen molar-refractivity contribution in [2.24, 2.45) is 10.8 Å². The summed E-state index contributed by atoms with van der Waals surface area (Å²) in [6.07, 6.45) is 5.42. The molecule has 3 heteroatoms. The van der Waals surface area contributed by atoms with Crippen molar-refractivity contribution in [2.75, 3.05) is 32.7 Å². The van der Waals surface area contributed by atoms with Gasteiger partial charge in [-0.15, -0.1) is 0 Å². The van der Waals surface area contributed by atoms with Gasteiger partial charge in [0.25, 0.3) is 0 Å². The summed E-state index contributed by atoms with van der Waals surface area (Å²) < 4.78 is 0. The molecule has 0 aromatic heterocycles. The molecule has 0 aliphatic carbocycles. The molecule has 0 aromatic rings. The van der Waals surface area contributed by atoms with Gasteiger partial charge in [-0.3, -0.25) is 9.69 Å². The van der Waals surface area contributed by atoms with E-state index in [2.05, 4.69) is 51.3 Å². The van der Waals surface area contributed by atoms with Crippen LogP contribution in [0.3, 0.4) is 0 Å². The number of hydrogen-bond donors (Lipinski definition) is 0. The van der Waals surface area contributed by atoms with E-state index < -0.39 is 0 Å². The van der Waals surface area contributed by atoms with Gasteiger partial charge < -0.3 is 4.90 Å². The van der Waals surface area contributed by atoms with Gasteiger partial charge in [-0.25, -0.2) is 0 Å². The van der Waals surface area contributed by atoms with Crippen LogP contribution >= 0.6 is 0 Å². The third-order valence-corrected chi connectivity index (χ3v) is 4.44. The van der Waals surface area contributed by atoms with Crippen LogP contribution in [0.4, 0.5) is 0 Å². The highest BCUT2D eigenvalue weighted by molar-refractivity contribution is 5.76. The number of carbonyl (C=O) groups is 1. The van der Waals surface area contributed by atoms with E-state index in [1.54, 1.807) is 0 Å². The van der Waals surface area contributed by atoms with Crippen LogP contribution in [-0.2, 0) is 4.79 Å². The molecule has 1 amide bonds. The Labute approximate surface area is 138 Å². The second-order valence-corrected chi connectivity index (χ2v) is 9.30. The lowest BCUT2D eigenvalue weighted by molar-refractivity contribution is -0.133. The molecule has 22 heavy (non-hydrogen) atoms. The predicted molar refractivity (Wildman–Crippen MR) is 95.0 cm³/mol. The summed E-state index contributed by atoms with van der Waals surface area (Å²) in [5.74, 6) is 0.360. The van der Waals surface area contributed by atoms with Gasteiger partial charge >= 0.3 is 0 Å². The van der Waals surface area contributed by atoms with Crippen LogP contribution in [0.25, 0.3) is 0 Å². The molecule has 3 nitrogen and oxygen atoms in total. The van der Waals surface area contributed by atoms with Gasteiger partial charge in [0, 0.05) is 32.6 Å². The van der Waals surface area contributed by atoms with Gasteiger partial charge in [0.05, 0.1) is 0 Å². The first kappa shape index (κ1) is 19.5. The highest BCUT2D eigenvalue weighted by Gasteiger charge is 2.21. The summed E-state index contributed by atoms with van der Waals surface area (Å²) in [6.45, 7) is 18.8. The second kappa shape index (κ2) is 8.33. The lowest BCUT2D eigenvalue weighted by atomic mass is 9.90. The Bertz CT molecular complexity index is 330. The van der Waals surface area contributed by atoms with E-state index in [1.807, 2.05) is 0 Å². The molecule has 1 rings (SSSR count). The topological polar surface area (TPSA) is 23.6 Å². The Morgan fingerprint density at radius 2 is 1.32 bits per heavy atom. The first-order valence-corrected chi connectivity index (χ1v) is 9.07. The Balaban J connectivity index is 2.17. The molecule has 1 heterocycles. The SMILES string of the molecule is CC(C)(C)CCCC(=O)N1CCN(CCCC(C)(C)C)CC1. The van der Waals surface area contributed by atoms with Crippen molar-refractivity contribution < 1.29 is 4.79 Å². The van der Waals surface area contributed by atoms with Crippen LogP contribution in [0.15, 0.2) is 0 Å². The van der Waals surface area contributed by atoms with Crippen molar-refractivity contribution in [1.29, 1.82) is 0 Å². The Hall–Kier alpha value is -0.570. The molecule has 1 saturated heterocycles. The number of piperazine rings is 1. The number of amides is 1. The number of rotatable bonds is 6. The molecular formula is C19H38N2O. The van der Waals surface area contributed by atoms with Crippen molar-refractivity contribution >= 4 is 5.91 Å². The van der Waals surface area contributed by atoms with Gasteiger partial charge in [0.1, 0.15) is 0 Å². The molecule has 1 fully saturated rings. The Kier molecular flexibility index (Phi) is 7.37. The Morgan fingerprint density at radius 3 is 1.82 bits per heavy atom. The molecule has 0 N–H and O–H groups in total. The van der Waals surface area contributed by atoms with E-state index in [9.17, 15) is 4.79 Å². The third kappa shape index (κ3) is 8.77. The summed E-state index contributed by atoms with van der Waals surface area (Å²) in [7, 11) is 0. The number of hydrogen-bond acceptors (Lipinski definition) is 2. The fraction of sp³-hybridized carbons (Fsp3) is 0.947. The molecule has 0 unspecified atom stereocenters. The summed E-state index contributed by atoms with van der Waals surface area (Å²) in [5, 5.41) is 0. The highest BCUT2D eigenvalue weighted by atomic mass is 16.2. The van der Waals surface area contributed by atoms with Crippen molar-refractivity contribution in [1.82, 2.24) is 9.80 Å². The number of carbonyl (C=O) groups excluding carboxylic acids is 1. The molecule has 0 aromatic carbocycles. The summed E-state index contributed by atoms with van der Waals surface area (Å²) in [5.41, 5.74) is 0.775. The van der Waals surface area contributed by atoms with E-state index in [-0.39, 0.29) is 0 Å². The minimum atomic E-state index is 0.339. The monoisotopic (exact) mass is 310 g/mol. The minimum absolute atomic E-state index is 0.339. The van der Waals surface area contributed by atoms with Crippen LogP contribution in [0, 0.1) is 10.8 Å². The first-order valence-electron chi connectivity index (χ1n) is 9.07. The maximum Gasteiger partial charge on any atom is 0.222 e. The van der Waals surface area contributed by atoms with E-state index in [0.29, 0.717) is 16.7 Å². The minimum Gasteiger partial charge on any atom is -0.340 e. The quantitative estimate of drug-likeness (QED) is 0.735. The van der Waals surface area contributed by atoms with E-state index in [1.165, 1.54) is 19.4 Å². The van der Waals surface area contributed by atoms with Crippen molar-refractivity contribution in [2.45, 2.75) is 73.6 Å².